The molecule has 2 aromatic rings. The topological polar surface area (TPSA) is 25.2 Å². The van der Waals surface area contributed by atoms with Crippen molar-refractivity contribution in [2.24, 2.45) is 11.8 Å². The van der Waals surface area contributed by atoms with Gasteiger partial charge in [0.05, 0.1) is 11.0 Å². The van der Waals surface area contributed by atoms with Gasteiger partial charge in [-0.15, -0.1) is 0 Å². The molecule has 21 heavy (non-hydrogen) atoms. The van der Waals surface area contributed by atoms with Crippen LogP contribution in [0.5, 0.6) is 0 Å². The fourth-order valence-electron chi connectivity index (χ4n) is 2.47. The van der Waals surface area contributed by atoms with Crippen molar-refractivity contribution in [3.63, 3.8) is 0 Å². The number of furan rings is 1. The summed E-state index contributed by atoms with van der Waals surface area (Å²) in [5.74, 6) is 2.31. The van der Waals surface area contributed by atoms with E-state index in [4.69, 9.17) is 4.42 Å². The fraction of sp³-hybridized carbons (Fsp3) is 0.529. The molecule has 1 N–H and O–H groups in total. The van der Waals surface area contributed by atoms with E-state index in [1.54, 1.807) is 0 Å². The van der Waals surface area contributed by atoms with Gasteiger partial charge in [-0.05, 0) is 52.9 Å². The van der Waals surface area contributed by atoms with Gasteiger partial charge in [-0.3, -0.25) is 0 Å². The molecule has 0 aliphatic heterocycles. The Bertz CT molecular complexity index is 617. The summed E-state index contributed by atoms with van der Waals surface area (Å²) in [4.78, 5) is 0. The average molecular weight is 417 g/mol. The lowest BCUT2D eigenvalue weighted by Gasteiger charge is -2.09. The van der Waals surface area contributed by atoms with Gasteiger partial charge in [0, 0.05) is 15.4 Å². The third kappa shape index (κ3) is 4.33. The van der Waals surface area contributed by atoms with E-state index in [-0.39, 0.29) is 0 Å². The Morgan fingerprint density at radius 3 is 2.43 bits per heavy atom. The molecular formula is C17H23Br2NO. The van der Waals surface area contributed by atoms with Crippen LogP contribution in [0.4, 0.5) is 0 Å². The number of hydrogen-bond acceptors (Lipinski definition) is 2. The summed E-state index contributed by atoms with van der Waals surface area (Å²) in [5, 5.41) is 4.70. The third-order valence-corrected chi connectivity index (χ3v) is 4.39. The molecule has 0 saturated carbocycles. The van der Waals surface area contributed by atoms with Gasteiger partial charge < -0.3 is 9.73 Å². The zero-order chi connectivity index (χ0) is 15.6. The third-order valence-electron chi connectivity index (χ3n) is 3.35. The molecule has 1 aromatic heterocycles. The van der Waals surface area contributed by atoms with Crippen molar-refractivity contribution >= 4 is 42.8 Å². The molecule has 2 nitrogen and oxygen atoms in total. The predicted molar refractivity (Wildman–Crippen MR) is 96.7 cm³/mol. The van der Waals surface area contributed by atoms with Crippen molar-refractivity contribution in [3.8, 4) is 0 Å². The van der Waals surface area contributed by atoms with Crippen molar-refractivity contribution in [2.45, 2.75) is 40.7 Å². The van der Waals surface area contributed by atoms with Crippen LogP contribution in [0.15, 0.2) is 25.5 Å². The van der Waals surface area contributed by atoms with Gasteiger partial charge >= 0.3 is 0 Å². The minimum Gasteiger partial charge on any atom is -0.458 e. The van der Waals surface area contributed by atoms with Gasteiger partial charge in [0.25, 0.3) is 0 Å². The van der Waals surface area contributed by atoms with E-state index >= 15 is 0 Å². The number of rotatable bonds is 6. The number of nitrogens with one attached hydrogen (secondary N) is 1. The zero-order valence-corrected chi connectivity index (χ0v) is 16.3. The summed E-state index contributed by atoms with van der Waals surface area (Å²) < 4.78 is 8.22. The number of fused-ring (bicyclic) bond motifs is 1. The van der Waals surface area contributed by atoms with Gasteiger partial charge in [0.1, 0.15) is 11.3 Å². The normalized spacial score (nSPS) is 12.0. The maximum Gasteiger partial charge on any atom is 0.148 e. The summed E-state index contributed by atoms with van der Waals surface area (Å²) in [6.45, 7) is 10.7. The monoisotopic (exact) mass is 415 g/mol. The molecule has 2 rings (SSSR count). The van der Waals surface area contributed by atoms with Crippen LogP contribution in [0.25, 0.3) is 11.0 Å². The minimum atomic E-state index is 0.604. The molecule has 0 atom stereocenters. The van der Waals surface area contributed by atoms with Crippen molar-refractivity contribution in [1.82, 2.24) is 5.32 Å². The van der Waals surface area contributed by atoms with Crippen LogP contribution >= 0.6 is 31.9 Å². The Hall–Kier alpha value is -0.320. The van der Waals surface area contributed by atoms with E-state index in [0.29, 0.717) is 11.8 Å². The van der Waals surface area contributed by atoms with Gasteiger partial charge in [-0.25, -0.2) is 0 Å². The lowest BCUT2D eigenvalue weighted by Crippen LogP contribution is -2.19. The maximum atomic E-state index is 6.14. The molecule has 0 bridgehead atoms. The second-order valence-electron chi connectivity index (χ2n) is 6.39. The number of hydrogen-bond donors (Lipinski definition) is 1. The van der Waals surface area contributed by atoms with E-state index in [0.717, 1.165) is 39.8 Å². The van der Waals surface area contributed by atoms with Crippen LogP contribution in [0, 0.1) is 11.8 Å². The van der Waals surface area contributed by atoms with Crippen molar-refractivity contribution < 1.29 is 4.42 Å². The van der Waals surface area contributed by atoms with Gasteiger partial charge in [-0.1, -0.05) is 43.6 Å². The molecule has 0 fully saturated rings. The molecule has 0 aliphatic rings. The predicted octanol–water partition coefficient (Wildman–Crippen LogP) is 5.90. The Labute approximate surface area is 143 Å². The van der Waals surface area contributed by atoms with E-state index < -0.39 is 0 Å². The molecule has 0 amide bonds. The van der Waals surface area contributed by atoms with Crippen molar-refractivity contribution in [3.05, 3.63) is 32.4 Å². The second-order valence-corrected chi connectivity index (χ2v) is 8.16. The van der Waals surface area contributed by atoms with E-state index in [1.807, 2.05) is 6.07 Å². The van der Waals surface area contributed by atoms with E-state index in [2.05, 4.69) is 70.9 Å². The first-order chi connectivity index (χ1) is 9.88. The molecule has 0 saturated heterocycles. The highest BCUT2D eigenvalue weighted by Crippen LogP contribution is 2.35. The number of benzene rings is 1. The summed E-state index contributed by atoms with van der Waals surface area (Å²) >= 11 is 7.19. The van der Waals surface area contributed by atoms with Crippen LogP contribution in [0.2, 0.25) is 0 Å². The molecule has 0 radical (unpaired) electrons. The smallest absolute Gasteiger partial charge is 0.148 e. The highest BCUT2D eigenvalue weighted by Gasteiger charge is 2.17. The summed E-state index contributed by atoms with van der Waals surface area (Å²) in [5.41, 5.74) is 2.29. The Morgan fingerprint density at radius 2 is 1.81 bits per heavy atom. The van der Waals surface area contributed by atoms with Gasteiger partial charge in [-0.2, -0.15) is 0 Å². The summed E-state index contributed by atoms with van der Waals surface area (Å²) in [6.07, 6.45) is 1.04. The summed E-state index contributed by atoms with van der Waals surface area (Å²) in [6, 6.07) is 4.20. The molecule has 0 aliphatic carbocycles. The lowest BCUT2D eigenvalue weighted by atomic mass is 10.00. The highest BCUT2D eigenvalue weighted by atomic mass is 79.9. The van der Waals surface area contributed by atoms with Crippen LogP contribution in [0.1, 0.15) is 39.0 Å². The van der Waals surface area contributed by atoms with Crippen molar-refractivity contribution in [1.29, 1.82) is 0 Å². The molecule has 1 aromatic carbocycles. The lowest BCUT2D eigenvalue weighted by molar-refractivity contribution is 0.476. The number of halogens is 2. The molecule has 1 heterocycles. The largest absolute Gasteiger partial charge is 0.458 e. The Kier molecular flexibility index (Phi) is 5.92. The SMILES string of the molecule is CC(C)CNCc1oc2c(Br)cc(Br)cc2c1CC(C)C. The van der Waals surface area contributed by atoms with Crippen LogP contribution < -0.4 is 5.32 Å². The Balaban J connectivity index is 2.40. The summed E-state index contributed by atoms with van der Waals surface area (Å²) in [7, 11) is 0. The molecular weight excluding hydrogens is 394 g/mol. The maximum absolute atomic E-state index is 6.14. The Morgan fingerprint density at radius 1 is 1.10 bits per heavy atom. The van der Waals surface area contributed by atoms with Crippen LogP contribution in [0.3, 0.4) is 0 Å². The molecule has 0 spiro atoms. The van der Waals surface area contributed by atoms with Crippen LogP contribution in [-0.4, -0.2) is 6.54 Å². The fourth-order valence-corrected chi connectivity index (χ4v) is 3.78. The van der Waals surface area contributed by atoms with Crippen LogP contribution in [-0.2, 0) is 13.0 Å². The molecule has 116 valence electrons. The highest BCUT2D eigenvalue weighted by molar-refractivity contribution is 9.11. The quantitative estimate of drug-likeness (QED) is 0.633. The second kappa shape index (κ2) is 7.30. The first kappa shape index (κ1) is 17.0. The standard InChI is InChI=1S/C17H23Br2NO/c1-10(2)5-13-14-6-12(18)7-15(19)17(14)21-16(13)9-20-8-11(3)4/h6-7,10-11,20H,5,8-9H2,1-4H3. The minimum absolute atomic E-state index is 0.604. The van der Waals surface area contributed by atoms with E-state index in [1.165, 1.54) is 10.9 Å². The first-order valence-corrected chi connectivity index (χ1v) is 9.07. The van der Waals surface area contributed by atoms with Crippen molar-refractivity contribution in [2.75, 3.05) is 6.54 Å². The first-order valence-electron chi connectivity index (χ1n) is 7.48. The van der Waals surface area contributed by atoms with Gasteiger partial charge in [0.15, 0.2) is 0 Å². The van der Waals surface area contributed by atoms with E-state index in [9.17, 15) is 0 Å². The molecule has 0 unspecified atom stereocenters. The molecule has 4 heteroatoms. The average Bonchev–Trinajstić information content (AvgIpc) is 2.67. The van der Waals surface area contributed by atoms with Gasteiger partial charge in [0.2, 0.25) is 0 Å². The zero-order valence-electron chi connectivity index (χ0n) is 13.1.